The third kappa shape index (κ3) is 2.74. The molecule has 18 heavy (non-hydrogen) atoms. The number of nitrogens with zero attached hydrogens (tertiary/aromatic N) is 2. The van der Waals surface area contributed by atoms with Crippen LogP contribution in [0.15, 0.2) is 30.3 Å². The first-order valence-electron chi connectivity index (χ1n) is 6.07. The Labute approximate surface area is 112 Å². The van der Waals surface area contributed by atoms with E-state index in [-0.39, 0.29) is 0 Å². The number of aliphatic hydroxyl groups excluding tert-OH is 1. The quantitative estimate of drug-likeness (QED) is 0.921. The Bertz CT molecular complexity index is 536. The van der Waals surface area contributed by atoms with Gasteiger partial charge in [-0.1, -0.05) is 29.8 Å². The molecule has 0 aliphatic heterocycles. The van der Waals surface area contributed by atoms with Gasteiger partial charge in [0.2, 0.25) is 0 Å². The molecular formula is C14H17ClN2O. The van der Waals surface area contributed by atoms with Crippen LogP contribution in [0.5, 0.6) is 0 Å². The molecule has 0 aliphatic carbocycles. The number of aliphatic hydroxyl groups is 1. The first kappa shape index (κ1) is 13.1. The van der Waals surface area contributed by atoms with Crippen LogP contribution >= 0.6 is 11.6 Å². The summed E-state index contributed by atoms with van der Waals surface area (Å²) in [7, 11) is 0. The molecule has 0 radical (unpaired) electrons. The van der Waals surface area contributed by atoms with Gasteiger partial charge in [0, 0.05) is 18.0 Å². The van der Waals surface area contributed by atoms with Crippen molar-refractivity contribution in [2.24, 2.45) is 0 Å². The normalized spacial score (nSPS) is 12.7. The van der Waals surface area contributed by atoms with Gasteiger partial charge in [-0.05, 0) is 31.5 Å². The summed E-state index contributed by atoms with van der Waals surface area (Å²) >= 11 is 6.10. The summed E-state index contributed by atoms with van der Waals surface area (Å²) in [5, 5.41) is 15.3. The zero-order chi connectivity index (χ0) is 13.1. The van der Waals surface area contributed by atoms with E-state index in [9.17, 15) is 5.11 Å². The van der Waals surface area contributed by atoms with Crippen LogP contribution < -0.4 is 0 Å². The maximum atomic E-state index is 10.3. The minimum absolute atomic E-state index is 0.505. The molecule has 0 bridgehead atoms. The molecule has 0 saturated carbocycles. The topological polar surface area (TPSA) is 38.0 Å². The standard InChI is InChI=1S/C14H17ClN2O/c1-3-17-13(8-10(2)16-17)14(18)9-11-6-4-5-7-12(11)15/h4-8,14,18H,3,9H2,1-2H3. The number of halogens is 1. The zero-order valence-corrected chi connectivity index (χ0v) is 11.4. The molecule has 0 spiro atoms. The summed E-state index contributed by atoms with van der Waals surface area (Å²) in [5.74, 6) is 0. The van der Waals surface area contributed by atoms with Gasteiger partial charge in [0.15, 0.2) is 0 Å². The van der Waals surface area contributed by atoms with Crippen molar-refractivity contribution in [3.63, 3.8) is 0 Å². The van der Waals surface area contributed by atoms with Crippen molar-refractivity contribution in [1.29, 1.82) is 0 Å². The second-order valence-corrected chi connectivity index (χ2v) is 4.74. The Balaban J connectivity index is 2.21. The van der Waals surface area contributed by atoms with Gasteiger partial charge in [-0.2, -0.15) is 5.10 Å². The largest absolute Gasteiger partial charge is 0.386 e. The van der Waals surface area contributed by atoms with Gasteiger partial charge in [-0.15, -0.1) is 0 Å². The maximum Gasteiger partial charge on any atom is 0.0997 e. The fourth-order valence-corrected chi connectivity index (χ4v) is 2.28. The van der Waals surface area contributed by atoms with Crippen molar-refractivity contribution in [1.82, 2.24) is 9.78 Å². The summed E-state index contributed by atoms with van der Waals surface area (Å²) in [6.07, 6.45) is -0.0730. The van der Waals surface area contributed by atoms with E-state index in [0.717, 1.165) is 23.5 Å². The molecule has 1 aromatic carbocycles. The van der Waals surface area contributed by atoms with Crippen molar-refractivity contribution in [2.75, 3.05) is 0 Å². The van der Waals surface area contributed by atoms with Crippen LogP contribution in [0.2, 0.25) is 5.02 Å². The zero-order valence-electron chi connectivity index (χ0n) is 10.6. The average molecular weight is 265 g/mol. The number of hydrogen-bond acceptors (Lipinski definition) is 2. The van der Waals surface area contributed by atoms with E-state index in [0.29, 0.717) is 11.4 Å². The molecule has 1 atom stereocenters. The number of aromatic nitrogens is 2. The number of benzene rings is 1. The van der Waals surface area contributed by atoms with Crippen molar-refractivity contribution >= 4 is 11.6 Å². The highest BCUT2D eigenvalue weighted by atomic mass is 35.5. The van der Waals surface area contributed by atoms with Crippen LogP contribution in [-0.4, -0.2) is 14.9 Å². The van der Waals surface area contributed by atoms with Crippen LogP contribution in [-0.2, 0) is 13.0 Å². The molecule has 1 aromatic heterocycles. The minimum Gasteiger partial charge on any atom is -0.386 e. The lowest BCUT2D eigenvalue weighted by Gasteiger charge is -2.13. The van der Waals surface area contributed by atoms with E-state index < -0.39 is 6.10 Å². The molecule has 0 saturated heterocycles. The predicted molar refractivity (Wildman–Crippen MR) is 72.8 cm³/mol. The van der Waals surface area contributed by atoms with Crippen molar-refractivity contribution < 1.29 is 5.11 Å². The van der Waals surface area contributed by atoms with Crippen molar-refractivity contribution in [3.8, 4) is 0 Å². The fourth-order valence-electron chi connectivity index (χ4n) is 2.06. The molecular weight excluding hydrogens is 248 g/mol. The van der Waals surface area contributed by atoms with Gasteiger partial charge in [0.25, 0.3) is 0 Å². The SMILES string of the molecule is CCn1nc(C)cc1C(O)Cc1ccccc1Cl. The molecule has 1 N–H and O–H groups in total. The van der Waals surface area contributed by atoms with Gasteiger partial charge in [-0.3, -0.25) is 4.68 Å². The molecule has 3 nitrogen and oxygen atoms in total. The molecule has 2 rings (SSSR count). The number of hydrogen-bond donors (Lipinski definition) is 1. The third-order valence-electron chi connectivity index (χ3n) is 2.95. The summed E-state index contributed by atoms with van der Waals surface area (Å²) in [5.41, 5.74) is 2.72. The fraction of sp³-hybridized carbons (Fsp3) is 0.357. The highest BCUT2D eigenvalue weighted by Gasteiger charge is 2.15. The van der Waals surface area contributed by atoms with Crippen LogP contribution in [0.3, 0.4) is 0 Å². The average Bonchev–Trinajstić information content (AvgIpc) is 2.73. The summed E-state index contributed by atoms with van der Waals surface area (Å²) < 4.78 is 1.83. The van der Waals surface area contributed by atoms with Gasteiger partial charge in [0.1, 0.15) is 0 Å². The third-order valence-corrected chi connectivity index (χ3v) is 3.31. The van der Waals surface area contributed by atoms with E-state index in [4.69, 9.17) is 11.6 Å². The van der Waals surface area contributed by atoms with E-state index >= 15 is 0 Å². The molecule has 96 valence electrons. The Morgan fingerprint density at radius 1 is 1.39 bits per heavy atom. The molecule has 2 aromatic rings. The van der Waals surface area contributed by atoms with Gasteiger partial charge in [0.05, 0.1) is 17.5 Å². The van der Waals surface area contributed by atoms with E-state index in [1.54, 1.807) is 0 Å². The Morgan fingerprint density at radius 2 is 2.11 bits per heavy atom. The maximum absolute atomic E-state index is 10.3. The Hall–Kier alpha value is -1.32. The molecule has 0 amide bonds. The van der Waals surface area contributed by atoms with Gasteiger partial charge < -0.3 is 5.11 Å². The van der Waals surface area contributed by atoms with E-state index in [1.165, 1.54) is 0 Å². The van der Waals surface area contributed by atoms with Gasteiger partial charge in [-0.25, -0.2) is 0 Å². The van der Waals surface area contributed by atoms with Crippen LogP contribution in [0.25, 0.3) is 0 Å². The van der Waals surface area contributed by atoms with E-state index in [2.05, 4.69) is 5.10 Å². The second-order valence-electron chi connectivity index (χ2n) is 4.34. The molecule has 1 unspecified atom stereocenters. The smallest absolute Gasteiger partial charge is 0.0997 e. The molecule has 1 heterocycles. The second kappa shape index (κ2) is 5.55. The molecule has 0 fully saturated rings. The summed E-state index contributed by atoms with van der Waals surface area (Å²) in [6, 6.07) is 9.51. The Morgan fingerprint density at radius 3 is 2.78 bits per heavy atom. The molecule has 4 heteroatoms. The monoisotopic (exact) mass is 264 g/mol. The highest BCUT2D eigenvalue weighted by molar-refractivity contribution is 6.31. The van der Waals surface area contributed by atoms with Crippen LogP contribution in [0, 0.1) is 6.92 Å². The molecule has 0 aliphatic rings. The summed E-state index contributed by atoms with van der Waals surface area (Å²) in [6.45, 7) is 4.69. The van der Waals surface area contributed by atoms with E-state index in [1.807, 2.05) is 48.9 Å². The lowest BCUT2D eigenvalue weighted by molar-refractivity contribution is 0.167. The lowest BCUT2D eigenvalue weighted by Crippen LogP contribution is -2.10. The number of aryl methyl sites for hydroxylation is 2. The van der Waals surface area contributed by atoms with Crippen LogP contribution in [0.1, 0.15) is 30.0 Å². The number of rotatable bonds is 4. The minimum atomic E-state index is -0.578. The van der Waals surface area contributed by atoms with Crippen molar-refractivity contribution in [2.45, 2.75) is 32.9 Å². The highest BCUT2D eigenvalue weighted by Crippen LogP contribution is 2.23. The van der Waals surface area contributed by atoms with Crippen molar-refractivity contribution in [3.05, 3.63) is 52.3 Å². The first-order valence-corrected chi connectivity index (χ1v) is 6.45. The summed E-state index contributed by atoms with van der Waals surface area (Å²) in [4.78, 5) is 0. The predicted octanol–water partition coefficient (Wildman–Crippen LogP) is 3.14. The van der Waals surface area contributed by atoms with Gasteiger partial charge >= 0.3 is 0 Å². The first-order chi connectivity index (χ1) is 8.61. The lowest BCUT2D eigenvalue weighted by atomic mass is 10.1. The Kier molecular flexibility index (Phi) is 4.04. The van der Waals surface area contributed by atoms with Crippen LogP contribution in [0.4, 0.5) is 0 Å².